The molecule has 122 valence electrons. The summed E-state index contributed by atoms with van der Waals surface area (Å²) in [6, 6.07) is -0.520. The molecule has 4 nitrogen and oxygen atoms in total. The average molecular weight is 297 g/mol. The smallest absolute Gasteiger partial charge is 0.329 e. The zero-order valence-corrected chi connectivity index (χ0v) is 14.4. The number of nitrogens with one attached hydrogen (secondary N) is 1. The van der Waals surface area contributed by atoms with Crippen LogP contribution in [-0.4, -0.2) is 23.5 Å². The van der Waals surface area contributed by atoms with Gasteiger partial charge < -0.3 is 10.1 Å². The molecule has 4 heteroatoms. The molecular weight excluding hydrogens is 266 g/mol. The first-order valence-electron chi connectivity index (χ1n) is 7.98. The lowest BCUT2D eigenvalue weighted by Crippen LogP contribution is -2.44. The molecule has 1 N–H and O–H groups in total. The summed E-state index contributed by atoms with van der Waals surface area (Å²) in [7, 11) is 0. The third-order valence-electron chi connectivity index (χ3n) is 4.10. The molecule has 1 amide bonds. The molecule has 1 unspecified atom stereocenters. The van der Waals surface area contributed by atoms with E-state index in [-0.39, 0.29) is 11.9 Å². The summed E-state index contributed by atoms with van der Waals surface area (Å²) < 4.78 is 5.43. The molecule has 1 aliphatic rings. The largest absolute Gasteiger partial charge is 0.458 e. The van der Waals surface area contributed by atoms with Crippen LogP contribution in [0.5, 0.6) is 0 Å². The zero-order chi connectivity index (χ0) is 16.3. The Bertz CT molecular complexity index is 372. The Morgan fingerprint density at radius 2 is 1.76 bits per heavy atom. The van der Waals surface area contributed by atoms with Crippen LogP contribution in [0.4, 0.5) is 0 Å². The number of amides is 1. The quantitative estimate of drug-likeness (QED) is 0.809. The van der Waals surface area contributed by atoms with Gasteiger partial charge in [-0.15, -0.1) is 0 Å². The molecule has 1 atom stereocenters. The molecule has 0 aromatic rings. The Morgan fingerprint density at radius 1 is 1.24 bits per heavy atom. The van der Waals surface area contributed by atoms with E-state index in [0.29, 0.717) is 17.8 Å². The maximum absolute atomic E-state index is 12.3. The summed E-state index contributed by atoms with van der Waals surface area (Å²) in [5.74, 6) is -0.00748. The molecule has 0 saturated heterocycles. The van der Waals surface area contributed by atoms with Gasteiger partial charge in [0, 0.05) is 6.92 Å². The standard InChI is InChI=1S/C17H31NO3/c1-12(19)18-14(15(20)21-16(2,3)4)11-13-7-9-17(5,6)10-8-13/h13-14H,7-11H2,1-6H3,(H,18,19). The number of hydrogen-bond donors (Lipinski definition) is 1. The Kier molecular flexibility index (Phi) is 5.83. The van der Waals surface area contributed by atoms with Gasteiger partial charge in [-0.3, -0.25) is 4.79 Å². The topological polar surface area (TPSA) is 55.4 Å². The minimum absolute atomic E-state index is 0.179. The third-order valence-corrected chi connectivity index (χ3v) is 4.10. The van der Waals surface area contributed by atoms with Crippen LogP contribution in [0.15, 0.2) is 0 Å². The van der Waals surface area contributed by atoms with E-state index in [4.69, 9.17) is 4.74 Å². The van der Waals surface area contributed by atoms with E-state index >= 15 is 0 Å². The number of hydrogen-bond acceptors (Lipinski definition) is 3. The molecule has 0 aliphatic heterocycles. The molecule has 21 heavy (non-hydrogen) atoms. The van der Waals surface area contributed by atoms with Crippen molar-refractivity contribution in [1.29, 1.82) is 0 Å². The van der Waals surface area contributed by atoms with Crippen molar-refractivity contribution in [3.8, 4) is 0 Å². The first kappa shape index (κ1) is 18.0. The van der Waals surface area contributed by atoms with Gasteiger partial charge >= 0.3 is 5.97 Å². The third kappa shape index (κ3) is 6.96. The second-order valence-electron chi connectivity index (χ2n) is 8.13. The minimum Gasteiger partial charge on any atom is -0.458 e. The highest BCUT2D eigenvalue weighted by atomic mass is 16.6. The molecule has 0 bridgehead atoms. The van der Waals surface area contributed by atoms with Crippen molar-refractivity contribution in [2.45, 2.75) is 85.3 Å². The molecular formula is C17H31NO3. The van der Waals surface area contributed by atoms with Gasteiger partial charge in [0.05, 0.1) is 0 Å². The predicted octanol–water partition coefficient (Wildman–Crippen LogP) is 3.44. The number of ether oxygens (including phenoxy) is 1. The molecule has 0 spiro atoms. The number of rotatable bonds is 4. The van der Waals surface area contributed by atoms with Gasteiger partial charge in [-0.25, -0.2) is 4.79 Å². The number of esters is 1. The fourth-order valence-electron chi connectivity index (χ4n) is 2.86. The first-order chi connectivity index (χ1) is 9.48. The summed E-state index contributed by atoms with van der Waals surface area (Å²) in [6.07, 6.45) is 5.28. The highest BCUT2D eigenvalue weighted by Gasteiger charge is 2.32. The molecule has 0 aromatic heterocycles. The van der Waals surface area contributed by atoms with Crippen LogP contribution in [0.25, 0.3) is 0 Å². The lowest BCUT2D eigenvalue weighted by Gasteiger charge is -2.35. The van der Waals surface area contributed by atoms with Crippen molar-refractivity contribution in [2.75, 3.05) is 0 Å². The summed E-state index contributed by atoms with van der Waals surface area (Å²) >= 11 is 0. The van der Waals surface area contributed by atoms with Crippen LogP contribution in [0.1, 0.15) is 73.6 Å². The van der Waals surface area contributed by atoms with Crippen molar-refractivity contribution in [1.82, 2.24) is 5.32 Å². The monoisotopic (exact) mass is 297 g/mol. The van der Waals surface area contributed by atoms with E-state index in [2.05, 4.69) is 19.2 Å². The number of carbonyl (C=O) groups is 2. The minimum atomic E-state index is -0.525. The predicted molar refractivity (Wildman–Crippen MR) is 83.8 cm³/mol. The Labute approximate surface area is 129 Å². The van der Waals surface area contributed by atoms with E-state index in [9.17, 15) is 9.59 Å². The lowest BCUT2D eigenvalue weighted by molar-refractivity contribution is -0.159. The summed E-state index contributed by atoms with van der Waals surface area (Å²) in [6.45, 7) is 11.6. The lowest BCUT2D eigenvalue weighted by atomic mass is 9.71. The SMILES string of the molecule is CC(=O)NC(CC1CCC(C)(C)CC1)C(=O)OC(C)(C)C. The Balaban J connectivity index is 2.62. The highest BCUT2D eigenvalue weighted by molar-refractivity contribution is 5.83. The van der Waals surface area contributed by atoms with Gasteiger partial charge in [-0.2, -0.15) is 0 Å². The van der Waals surface area contributed by atoms with E-state index in [1.54, 1.807) is 0 Å². The van der Waals surface area contributed by atoms with Gasteiger partial charge in [0.15, 0.2) is 0 Å². The van der Waals surface area contributed by atoms with Crippen LogP contribution in [-0.2, 0) is 14.3 Å². The van der Waals surface area contributed by atoms with E-state index in [1.165, 1.54) is 19.8 Å². The zero-order valence-electron chi connectivity index (χ0n) is 14.4. The molecule has 1 aliphatic carbocycles. The van der Waals surface area contributed by atoms with Gasteiger partial charge in [-0.1, -0.05) is 13.8 Å². The van der Waals surface area contributed by atoms with Crippen molar-refractivity contribution < 1.29 is 14.3 Å². The fraction of sp³-hybridized carbons (Fsp3) is 0.882. The molecule has 1 rings (SSSR count). The fourth-order valence-corrected chi connectivity index (χ4v) is 2.86. The second-order valence-corrected chi connectivity index (χ2v) is 8.13. The second kappa shape index (κ2) is 6.80. The maximum Gasteiger partial charge on any atom is 0.329 e. The summed E-state index contributed by atoms with van der Waals surface area (Å²) in [5.41, 5.74) is -0.117. The summed E-state index contributed by atoms with van der Waals surface area (Å²) in [5, 5.41) is 2.76. The van der Waals surface area contributed by atoms with E-state index in [0.717, 1.165) is 12.8 Å². The van der Waals surface area contributed by atoms with E-state index in [1.807, 2.05) is 20.8 Å². The van der Waals surface area contributed by atoms with Gasteiger partial charge in [0.1, 0.15) is 11.6 Å². The molecule has 1 saturated carbocycles. The average Bonchev–Trinajstić information content (AvgIpc) is 2.28. The molecule has 1 fully saturated rings. The number of carbonyl (C=O) groups excluding carboxylic acids is 2. The van der Waals surface area contributed by atoms with Crippen LogP contribution in [0, 0.1) is 11.3 Å². The van der Waals surface area contributed by atoms with Gasteiger partial charge in [-0.05, 0) is 64.2 Å². The van der Waals surface area contributed by atoms with Crippen LogP contribution in [0.3, 0.4) is 0 Å². The van der Waals surface area contributed by atoms with Crippen molar-refractivity contribution in [3.05, 3.63) is 0 Å². The summed E-state index contributed by atoms with van der Waals surface area (Å²) in [4.78, 5) is 23.6. The van der Waals surface area contributed by atoms with Gasteiger partial charge in [0.2, 0.25) is 5.91 Å². The van der Waals surface area contributed by atoms with Crippen molar-refractivity contribution >= 4 is 11.9 Å². The van der Waals surface area contributed by atoms with Crippen molar-refractivity contribution in [2.24, 2.45) is 11.3 Å². The van der Waals surface area contributed by atoms with Crippen LogP contribution >= 0.6 is 0 Å². The molecule has 0 heterocycles. The van der Waals surface area contributed by atoms with E-state index < -0.39 is 11.6 Å². The first-order valence-corrected chi connectivity index (χ1v) is 7.98. The van der Waals surface area contributed by atoms with Crippen molar-refractivity contribution in [3.63, 3.8) is 0 Å². The van der Waals surface area contributed by atoms with Crippen LogP contribution in [0.2, 0.25) is 0 Å². The molecule has 0 radical (unpaired) electrons. The highest BCUT2D eigenvalue weighted by Crippen LogP contribution is 2.39. The normalized spacial score (nSPS) is 20.7. The van der Waals surface area contributed by atoms with Crippen LogP contribution < -0.4 is 5.32 Å². The van der Waals surface area contributed by atoms with Gasteiger partial charge in [0.25, 0.3) is 0 Å². The molecule has 0 aromatic carbocycles. The Hall–Kier alpha value is -1.06. The Morgan fingerprint density at radius 3 is 2.19 bits per heavy atom. The maximum atomic E-state index is 12.3.